The van der Waals surface area contributed by atoms with Gasteiger partial charge in [0.2, 0.25) is 0 Å². The highest BCUT2D eigenvalue weighted by Gasteiger charge is 2.00. The minimum Gasteiger partial charge on any atom is -0.319 e. The molecular weight excluding hydrogens is 245 g/mol. The summed E-state index contributed by atoms with van der Waals surface area (Å²) < 4.78 is 12.8. The zero-order valence-electron chi connectivity index (χ0n) is 10.2. The fourth-order valence-electron chi connectivity index (χ4n) is 1.66. The number of hydrogen-bond donors (Lipinski definition) is 1. The lowest BCUT2D eigenvalue weighted by Crippen LogP contribution is -2.78. The van der Waals surface area contributed by atoms with Gasteiger partial charge < -0.3 is 5.32 Å². The van der Waals surface area contributed by atoms with Gasteiger partial charge in [0.05, 0.1) is 12.7 Å². The molecule has 2 rings (SSSR count). The fraction of sp³-hybridized carbons (Fsp3) is 0.200. The average molecular weight is 262 g/mol. The Hall–Kier alpha value is -1.32. The van der Waals surface area contributed by atoms with Gasteiger partial charge in [-0.3, -0.25) is 0 Å². The highest BCUT2D eigenvalue weighted by atomic mass is 32.2. The van der Waals surface area contributed by atoms with E-state index in [4.69, 9.17) is 0 Å². The van der Waals surface area contributed by atoms with E-state index < -0.39 is 0 Å². The second-order valence-electron chi connectivity index (χ2n) is 4.05. The Bertz CT molecular complexity index is 460. The highest BCUT2D eigenvalue weighted by Crippen LogP contribution is 2.23. The molecule has 2 N–H and O–H groups in total. The average Bonchev–Trinajstić information content (AvgIpc) is 2.40. The summed E-state index contributed by atoms with van der Waals surface area (Å²) in [4.78, 5) is 1.32. The monoisotopic (exact) mass is 262 g/mol. The molecule has 0 aliphatic carbocycles. The van der Waals surface area contributed by atoms with Gasteiger partial charge in [-0.1, -0.05) is 24.3 Å². The van der Waals surface area contributed by atoms with Gasteiger partial charge in [-0.05, 0) is 41.2 Å². The van der Waals surface area contributed by atoms with E-state index in [1.54, 1.807) is 0 Å². The van der Waals surface area contributed by atoms with Crippen LogP contribution in [0.4, 0.5) is 4.39 Å². The van der Waals surface area contributed by atoms with Gasteiger partial charge in [-0.15, -0.1) is 11.8 Å². The van der Waals surface area contributed by atoms with E-state index in [1.165, 1.54) is 17.0 Å². The second kappa shape index (κ2) is 7.19. The van der Waals surface area contributed by atoms with Gasteiger partial charge in [0, 0.05) is 5.75 Å². The van der Waals surface area contributed by atoms with E-state index in [2.05, 4.69) is 35.8 Å². The molecular formula is C15H17FNS+. The van der Waals surface area contributed by atoms with Crippen LogP contribution in [0.5, 0.6) is 0 Å². The lowest BCUT2D eigenvalue weighted by Gasteiger charge is -2.05. The number of allylic oxidation sites excluding steroid dienone is 4. The Morgan fingerprint density at radius 3 is 2.83 bits per heavy atom. The Labute approximate surface area is 111 Å². The van der Waals surface area contributed by atoms with Crippen LogP contribution < -0.4 is 5.32 Å². The molecule has 1 aliphatic rings. The third kappa shape index (κ3) is 4.51. The van der Waals surface area contributed by atoms with Gasteiger partial charge in [-0.25, -0.2) is 4.39 Å². The largest absolute Gasteiger partial charge is 0.319 e. The molecule has 0 unspecified atom stereocenters. The molecule has 1 aromatic carbocycles. The highest BCUT2D eigenvalue weighted by molar-refractivity contribution is 8.03. The summed E-state index contributed by atoms with van der Waals surface area (Å²) in [6.07, 6.45) is 11.4. The minimum atomic E-state index is -0.185. The molecule has 1 aliphatic heterocycles. The second-order valence-corrected chi connectivity index (χ2v) is 5.27. The third-order valence-electron chi connectivity index (χ3n) is 2.58. The molecule has 0 bridgehead atoms. The van der Waals surface area contributed by atoms with Crippen molar-refractivity contribution in [3.05, 3.63) is 65.0 Å². The van der Waals surface area contributed by atoms with Crippen LogP contribution in [0.15, 0.2) is 53.6 Å². The van der Waals surface area contributed by atoms with E-state index in [1.807, 2.05) is 23.9 Å². The molecule has 18 heavy (non-hydrogen) atoms. The summed E-state index contributed by atoms with van der Waals surface area (Å²) in [5.41, 5.74) is 1.06. The molecule has 0 amide bonds. The minimum absolute atomic E-state index is 0.185. The van der Waals surface area contributed by atoms with Crippen LogP contribution >= 0.6 is 11.8 Å². The first kappa shape index (κ1) is 13.1. The summed E-state index contributed by atoms with van der Waals surface area (Å²) in [5.74, 6) is 0.904. The van der Waals surface area contributed by atoms with Crippen LogP contribution in [-0.4, -0.2) is 12.3 Å². The number of benzene rings is 1. The van der Waals surface area contributed by atoms with E-state index in [0.717, 1.165) is 24.3 Å². The van der Waals surface area contributed by atoms with Crippen LogP contribution in [0.3, 0.4) is 0 Å². The Balaban J connectivity index is 2.10. The third-order valence-corrected chi connectivity index (χ3v) is 3.68. The van der Waals surface area contributed by atoms with E-state index in [-0.39, 0.29) is 5.82 Å². The van der Waals surface area contributed by atoms with Crippen LogP contribution in [-0.2, 0) is 0 Å². The quantitative estimate of drug-likeness (QED) is 0.823. The molecule has 1 aromatic rings. The Kier molecular flexibility index (Phi) is 5.24. The van der Waals surface area contributed by atoms with Gasteiger partial charge in [0.1, 0.15) is 5.82 Å². The molecule has 0 spiro atoms. The van der Waals surface area contributed by atoms with Gasteiger partial charge in [0.15, 0.2) is 0 Å². The first-order valence-electron chi connectivity index (χ1n) is 6.08. The molecule has 0 radical (unpaired) electrons. The zero-order valence-corrected chi connectivity index (χ0v) is 11.0. The normalized spacial score (nSPS) is 22.6. The summed E-state index contributed by atoms with van der Waals surface area (Å²) >= 11 is 1.87. The van der Waals surface area contributed by atoms with Crippen molar-refractivity contribution in [2.75, 3.05) is 12.3 Å². The predicted octanol–water partition coefficient (Wildman–Crippen LogP) is 2.94. The van der Waals surface area contributed by atoms with Crippen molar-refractivity contribution < 1.29 is 9.71 Å². The molecule has 1 nitrogen and oxygen atoms in total. The first-order valence-corrected chi connectivity index (χ1v) is 7.07. The zero-order chi connectivity index (χ0) is 12.6. The van der Waals surface area contributed by atoms with Crippen molar-refractivity contribution in [3.63, 3.8) is 0 Å². The van der Waals surface area contributed by atoms with Gasteiger partial charge >= 0.3 is 0 Å². The van der Waals surface area contributed by atoms with Crippen LogP contribution in [0, 0.1) is 5.82 Å². The molecule has 0 saturated heterocycles. The van der Waals surface area contributed by atoms with Crippen molar-refractivity contribution in [2.24, 2.45) is 0 Å². The van der Waals surface area contributed by atoms with Crippen molar-refractivity contribution in [1.82, 2.24) is 0 Å². The van der Waals surface area contributed by atoms with E-state index in [9.17, 15) is 4.39 Å². The smallest absolute Gasteiger partial charge is 0.123 e. The van der Waals surface area contributed by atoms with Crippen LogP contribution in [0.1, 0.15) is 12.0 Å². The number of hydrogen-bond acceptors (Lipinski definition) is 1. The maximum absolute atomic E-state index is 12.8. The molecule has 1 heterocycles. The molecule has 0 atom stereocenters. The van der Waals surface area contributed by atoms with E-state index in [0.29, 0.717) is 0 Å². The van der Waals surface area contributed by atoms with Crippen LogP contribution in [0.25, 0.3) is 6.08 Å². The lowest BCUT2D eigenvalue weighted by molar-refractivity contribution is -0.583. The molecule has 0 aromatic heterocycles. The van der Waals surface area contributed by atoms with Gasteiger partial charge in [-0.2, -0.15) is 0 Å². The number of quaternary nitrogens is 1. The molecule has 0 saturated carbocycles. The standard InChI is InChI=1S/C15H16FNS/c16-14-7-5-13(6-8-14)12-15-4-2-1-3-9-17-10-11-18-15/h1-3,5-9,12,17H,4,10-11H2/p+1/b2-1-,9-3-,15-12-. The van der Waals surface area contributed by atoms with Crippen molar-refractivity contribution >= 4 is 17.8 Å². The molecule has 3 heteroatoms. The lowest BCUT2D eigenvalue weighted by atomic mass is 10.2. The molecule has 94 valence electrons. The molecule has 0 fully saturated rings. The first-order chi connectivity index (χ1) is 8.84. The maximum Gasteiger partial charge on any atom is 0.123 e. The maximum atomic E-state index is 12.8. The summed E-state index contributed by atoms with van der Waals surface area (Å²) in [6.45, 7) is 1.08. The van der Waals surface area contributed by atoms with Gasteiger partial charge in [0.25, 0.3) is 0 Å². The Morgan fingerprint density at radius 1 is 1.17 bits per heavy atom. The number of thioether (sulfide) groups is 1. The fourth-order valence-corrected chi connectivity index (χ4v) is 2.61. The van der Waals surface area contributed by atoms with E-state index >= 15 is 0 Å². The van der Waals surface area contributed by atoms with Crippen molar-refractivity contribution in [2.45, 2.75) is 6.42 Å². The summed E-state index contributed by atoms with van der Waals surface area (Å²) in [6, 6.07) is 6.64. The van der Waals surface area contributed by atoms with Crippen molar-refractivity contribution in [3.8, 4) is 0 Å². The van der Waals surface area contributed by atoms with Crippen LogP contribution in [0.2, 0.25) is 0 Å². The number of nitrogens with two attached hydrogens (primary N) is 1. The topological polar surface area (TPSA) is 16.6 Å². The summed E-state index contributed by atoms with van der Waals surface area (Å²) in [7, 11) is 0. The number of rotatable bonds is 1. The predicted molar refractivity (Wildman–Crippen MR) is 76.5 cm³/mol. The summed E-state index contributed by atoms with van der Waals surface area (Å²) in [5, 5.41) is 2.18. The Morgan fingerprint density at radius 2 is 2.00 bits per heavy atom. The SMILES string of the molecule is Fc1ccc(/C=C2/C/C=C\C=C/[NH2+]CCS2)cc1. The van der Waals surface area contributed by atoms with Crippen molar-refractivity contribution in [1.29, 1.82) is 0 Å². The number of halogens is 1.